The molecule has 0 unspecified atom stereocenters. The van der Waals surface area contributed by atoms with Gasteiger partial charge >= 0.3 is 0 Å². The van der Waals surface area contributed by atoms with Crippen molar-refractivity contribution in [3.05, 3.63) is 36.4 Å². The van der Waals surface area contributed by atoms with Gasteiger partial charge in [0.1, 0.15) is 5.75 Å². The second-order valence-corrected chi connectivity index (χ2v) is 5.32. The second kappa shape index (κ2) is 4.47. The van der Waals surface area contributed by atoms with Crippen LogP contribution < -0.4 is 10.5 Å². The second-order valence-electron chi connectivity index (χ2n) is 5.32. The summed E-state index contributed by atoms with van der Waals surface area (Å²) in [7, 11) is 0. The number of nitrogens with zero attached hydrogens (tertiary/aromatic N) is 1. The van der Waals surface area contributed by atoms with Crippen molar-refractivity contribution in [1.82, 2.24) is 0 Å². The average molecular weight is 252 g/mol. The van der Waals surface area contributed by atoms with Gasteiger partial charge in [-0.3, -0.25) is 0 Å². The normalized spacial score (nSPS) is 15.9. The summed E-state index contributed by atoms with van der Waals surface area (Å²) >= 11 is 0. The molecular formula is C16H16N2O. The number of fused-ring (bicyclic) bond motifs is 1. The molecule has 96 valence electrons. The Morgan fingerprint density at radius 2 is 1.89 bits per heavy atom. The van der Waals surface area contributed by atoms with Crippen LogP contribution >= 0.6 is 0 Å². The molecule has 1 aliphatic carbocycles. The minimum absolute atomic E-state index is 0.0945. The number of nitrogens with two attached hydrogens (primary N) is 1. The van der Waals surface area contributed by atoms with Gasteiger partial charge in [-0.05, 0) is 25.0 Å². The molecule has 3 heteroatoms. The number of hydrogen-bond acceptors (Lipinski definition) is 3. The van der Waals surface area contributed by atoms with Gasteiger partial charge in [0.2, 0.25) is 0 Å². The molecule has 0 spiro atoms. The predicted molar refractivity (Wildman–Crippen MR) is 75.8 cm³/mol. The van der Waals surface area contributed by atoms with Crippen molar-refractivity contribution in [2.24, 2.45) is 5.41 Å². The lowest BCUT2D eigenvalue weighted by molar-refractivity contribution is 0.239. The van der Waals surface area contributed by atoms with Crippen LogP contribution in [-0.4, -0.2) is 6.61 Å². The van der Waals surface area contributed by atoms with E-state index in [1.807, 2.05) is 36.4 Å². The Morgan fingerprint density at radius 1 is 1.16 bits per heavy atom. The van der Waals surface area contributed by atoms with Crippen molar-refractivity contribution in [2.45, 2.75) is 19.3 Å². The van der Waals surface area contributed by atoms with E-state index >= 15 is 0 Å². The molecule has 0 amide bonds. The number of hydrogen-bond donors (Lipinski definition) is 1. The molecule has 19 heavy (non-hydrogen) atoms. The van der Waals surface area contributed by atoms with Crippen LogP contribution in [0.1, 0.15) is 19.3 Å². The van der Waals surface area contributed by atoms with E-state index in [-0.39, 0.29) is 5.41 Å². The van der Waals surface area contributed by atoms with Crippen molar-refractivity contribution < 1.29 is 4.74 Å². The maximum absolute atomic E-state index is 8.83. The van der Waals surface area contributed by atoms with Crippen molar-refractivity contribution >= 4 is 16.5 Å². The van der Waals surface area contributed by atoms with Gasteiger partial charge in [-0.1, -0.05) is 24.3 Å². The minimum atomic E-state index is 0.0945. The van der Waals surface area contributed by atoms with Crippen molar-refractivity contribution in [1.29, 1.82) is 5.26 Å². The molecule has 0 atom stereocenters. The van der Waals surface area contributed by atoms with Crippen molar-refractivity contribution in [2.75, 3.05) is 12.3 Å². The summed E-state index contributed by atoms with van der Waals surface area (Å²) in [5.74, 6) is 0.856. The predicted octanol–water partition coefficient (Wildman–Crippen LogP) is 3.49. The summed E-state index contributed by atoms with van der Waals surface area (Å²) in [5.41, 5.74) is 6.83. The van der Waals surface area contributed by atoms with E-state index < -0.39 is 0 Å². The molecule has 0 radical (unpaired) electrons. The van der Waals surface area contributed by atoms with E-state index in [9.17, 15) is 0 Å². The molecule has 3 rings (SSSR count). The highest BCUT2D eigenvalue weighted by atomic mass is 16.5. The lowest BCUT2D eigenvalue weighted by Gasteiger charge is -2.15. The summed E-state index contributed by atoms with van der Waals surface area (Å²) in [6.45, 7) is 0.620. The van der Waals surface area contributed by atoms with E-state index in [1.54, 1.807) is 0 Å². The zero-order chi connectivity index (χ0) is 13.3. The van der Waals surface area contributed by atoms with Gasteiger partial charge in [-0.2, -0.15) is 5.26 Å². The fourth-order valence-corrected chi connectivity index (χ4v) is 2.37. The van der Waals surface area contributed by atoms with E-state index in [1.165, 1.54) is 0 Å². The lowest BCUT2D eigenvalue weighted by Crippen LogP contribution is -2.12. The number of rotatable bonds is 4. The van der Waals surface area contributed by atoms with Gasteiger partial charge in [0.25, 0.3) is 0 Å². The third-order valence-corrected chi connectivity index (χ3v) is 3.86. The molecular weight excluding hydrogens is 236 g/mol. The minimum Gasteiger partial charge on any atom is -0.492 e. The van der Waals surface area contributed by atoms with Crippen LogP contribution in [0.4, 0.5) is 5.69 Å². The van der Waals surface area contributed by atoms with Crippen molar-refractivity contribution in [3.63, 3.8) is 0 Å². The third kappa shape index (κ3) is 2.22. The summed E-state index contributed by atoms with van der Waals surface area (Å²) in [5, 5.41) is 10.9. The highest BCUT2D eigenvalue weighted by Crippen LogP contribution is 2.49. The van der Waals surface area contributed by atoms with Gasteiger partial charge in [-0.15, -0.1) is 0 Å². The Balaban J connectivity index is 1.86. The Kier molecular flexibility index (Phi) is 2.79. The molecule has 0 heterocycles. The van der Waals surface area contributed by atoms with E-state index in [4.69, 9.17) is 15.7 Å². The molecule has 2 aromatic carbocycles. The molecule has 0 aliphatic heterocycles. The number of ether oxygens (including phenoxy) is 1. The Labute approximate surface area is 112 Å². The van der Waals surface area contributed by atoms with Crippen LogP contribution in [0.3, 0.4) is 0 Å². The fourth-order valence-electron chi connectivity index (χ4n) is 2.37. The SMILES string of the molecule is N#CCC1(COc2ccc(N)c3ccccc23)CC1. The maximum Gasteiger partial charge on any atom is 0.127 e. The highest BCUT2D eigenvalue weighted by Gasteiger charge is 2.43. The largest absolute Gasteiger partial charge is 0.492 e. The number of anilines is 1. The first-order valence-corrected chi connectivity index (χ1v) is 6.51. The molecule has 1 aliphatic rings. The number of nitriles is 1. The van der Waals surface area contributed by atoms with E-state index in [2.05, 4.69) is 6.07 Å². The number of nitrogen functional groups attached to an aromatic ring is 1. The van der Waals surface area contributed by atoms with Gasteiger partial charge < -0.3 is 10.5 Å². The van der Waals surface area contributed by atoms with Gasteiger partial charge in [-0.25, -0.2) is 0 Å². The van der Waals surface area contributed by atoms with Crippen LogP contribution in [0, 0.1) is 16.7 Å². The number of benzene rings is 2. The summed E-state index contributed by atoms with van der Waals surface area (Å²) < 4.78 is 5.95. The molecule has 0 aromatic heterocycles. The average Bonchev–Trinajstić information content (AvgIpc) is 3.19. The first-order valence-electron chi connectivity index (χ1n) is 6.51. The summed E-state index contributed by atoms with van der Waals surface area (Å²) in [4.78, 5) is 0. The van der Waals surface area contributed by atoms with Gasteiger partial charge in [0.05, 0.1) is 12.7 Å². The quantitative estimate of drug-likeness (QED) is 0.847. The van der Waals surface area contributed by atoms with E-state index in [0.29, 0.717) is 13.0 Å². The van der Waals surface area contributed by atoms with Crippen molar-refractivity contribution in [3.8, 4) is 11.8 Å². The molecule has 1 fully saturated rings. The highest BCUT2D eigenvalue weighted by molar-refractivity contribution is 5.96. The zero-order valence-electron chi connectivity index (χ0n) is 10.7. The lowest BCUT2D eigenvalue weighted by atomic mass is 10.0. The van der Waals surface area contributed by atoms with Crippen LogP contribution in [0.15, 0.2) is 36.4 Å². The Hall–Kier alpha value is -2.21. The summed E-state index contributed by atoms with van der Waals surface area (Å²) in [6.07, 6.45) is 2.76. The standard InChI is InChI=1S/C16H16N2O/c17-10-9-16(7-8-16)11-19-15-6-5-14(18)12-3-1-2-4-13(12)15/h1-6H,7-9,11,18H2. The smallest absolute Gasteiger partial charge is 0.127 e. The Bertz CT molecular complexity index is 653. The van der Waals surface area contributed by atoms with Crippen LogP contribution in [0.5, 0.6) is 5.75 Å². The topological polar surface area (TPSA) is 59.0 Å². The first-order chi connectivity index (χ1) is 9.24. The van der Waals surface area contributed by atoms with Crippen LogP contribution in [0.2, 0.25) is 0 Å². The summed E-state index contributed by atoms with van der Waals surface area (Å²) in [6, 6.07) is 14.0. The monoisotopic (exact) mass is 252 g/mol. The van der Waals surface area contributed by atoms with Crippen LogP contribution in [-0.2, 0) is 0 Å². The maximum atomic E-state index is 8.83. The molecule has 2 aromatic rings. The molecule has 2 N–H and O–H groups in total. The molecule has 0 bridgehead atoms. The third-order valence-electron chi connectivity index (χ3n) is 3.86. The van der Waals surface area contributed by atoms with E-state index in [0.717, 1.165) is 35.1 Å². The molecule has 0 saturated heterocycles. The molecule has 3 nitrogen and oxygen atoms in total. The van der Waals surface area contributed by atoms with Crippen LogP contribution in [0.25, 0.3) is 10.8 Å². The molecule has 1 saturated carbocycles. The van der Waals surface area contributed by atoms with Gasteiger partial charge in [0, 0.05) is 28.3 Å². The fraction of sp³-hybridized carbons (Fsp3) is 0.312. The zero-order valence-corrected chi connectivity index (χ0v) is 10.7. The first kappa shape index (κ1) is 11.9. The van der Waals surface area contributed by atoms with Gasteiger partial charge in [0.15, 0.2) is 0 Å². The Morgan fingerprint density at radius 3 is 2.58 bits per heavy atom.